The van der Waals surface area contributed by atoms with E-state index in [1.807, 2.05) is 60.7 Å². The third kappa shape index (κ3) is 5.06. The molecule has 1 aliphatic carbocycles. The summed E-state index contributed by atoms with van der Waals surface area (Å²) in [5.74, 6) is -0.749. The van der Waals surface area contributed by atoms with E-state index in [0.29, 0.717) is 35.1 Å². The maximum absolute atomic E-state index is 13.8. The lowest BCUT2D eigenvalue weighted by Crippen LogP contribution is -2.32. The zero-order chi connectivity index (χ0) is 29.5. The van der Waals surface area contributed by atoms with Gasteiger partial charge in [0, 0.05) is 40.7 Å². The molecule has 3 amide bonds. The molecule has 3 heterocycles. The highest BCUT2D eigenvalue weighted by atomic mass is 32.1. The highest BCUT2D eigenvalue weighted by Gasteiger charge is 2.31. The predicted molar refractivity (Wildman–Crippen MR) is 163 cm³/mol. The standard InChI is InChI=1S/C33H26N6O3S/c34-38(33(42)28-16-18-35-39(28)25-6-2-1-3-7-25)24-14-10-21(11-15-24)32(41)37-19-17-22-20-29(31(40)36-23-12-13-23)43-30(22)26-8-4-5-9-27(26)37/h1-11,14-16,18,20,23,34H,12-13,17,19H2/p+1. The van der Waals surface area contributed by atoms with Gasteiger partial charge in [-0.2, -0.15) is 5.10 Å². The summed E-state index contributed by atoms with van der Waals surface area (Å²) in [7, 11) is 0. The molecule has 5 aromatic rings. The number of aromatic nitrogens is 2. The number of thiophene rings is 1. The van der Waals surface area contributed by atoms with Gasteiger partial charge in [0.2, 0.25) is 5.69 Å². The largest absolute Gasteiger partial charge is 0.468 e. The zero-order valence-electron chi connectivity index (χ0n) is 23.1. The van der Waals surface area contributed by atoms with E-state index >= 15 is 0 Å². The minimum atomic E-state index is -0.543. The van der Waals surface area contributed by atoms with Crippen molar-refractivity contribution in [1.82, 2.24) is 15.1 Å². The quantitative estimate of drug-likeness (QED) is 0.182. The van der Waals surface area contributed by atoms with Gasteiger partial charge >= 0.3 is 5.91 Å². The fraction of sp³-hybridized carbons (Fsp3) is 0.152. The highest BCUT2D eigenvalue weighted by molar-refractivity contribution is 7.17. The van der Waals surface area contributed by atoms with Crippen LogP contribution in [0.5, 0.6) is 0 Å². The summed E-state index contributed by atoms with van der Waals surface area (Å²) >= 11 is 1.47. The molecule has 2 aromatic heterocycles. The molecule has 2 aliphatic rings. The van der Waals surface area contributed by atoms with E-state index in [0.717, 1.165) is 44.9 Å². The van der Waals surface area contributed by atoms with Crippen LogP contribution in [-0.2, 0) is 6.42 Å². The minimum Gasteiger partial charge on any atom is -0.349 e. The predicted octanol–water partition coefficient (Wildman–Crippen LogP) is 6.21. The van der Waals surface area contributed by atoms with Gasteiger partial charge in [-0.15, -0.1) is 11.3 Å². The number of nitrogens with one attached hydrogen (secondary N) is 2. The van der Waals surface area contributed by atoms with Crippen molar-refractivity contribution in [3.05, 3.63) is 119 Å². The summed E-state index contributed by atoms with van der Waals surface area (Å²) in [6, 6.07) is 27.4. The zero-order valence-corrected chi connectivity index (χ0v) is 23.9. The number of hydrogen-bond acceptors (Lipinski definition) is 6. The number of nitrogens with zero attached hydrogens (tertiary/aromatic N) is 4. The summed E-state index contributed by atoms with van der Waals surface area (Å²) in [6.45, 7) is 0.456. The van der Waals surface area contributed by atoms with Crippen LogP contribution < -0.4 is 10.2 Å². The van der Waals surface area contributed by atoms with E-state index in [-0.39, 0.29) is 17.5 Å². The van der Waals surface area contributed by atoms with Crippen molar-refractivity contribution in [3.8, 4) is 16.1 Å². The van der Waals surface area contributed by atoms with E-state index in [9.17, 15) is 14.4 Å². The summed E-state index contributed by atoms with van der Waals surface area (Å²) in [5.41, 5.74) is 13.0. The number of carbonyl (C=O) groups excluding carboxylic acids is 3. The van der Waals surface area contributed by atoms with Gasteiger partial charge in [0.05, 0.1) is 22.4 Å². The first-order valence-electron chi connectivity index (χ1n) is 14.1. The Hall–Kier alpha value is -5.22. The van der Waals surface area contributed by atoms with E-state index < -0.39 is 5.91 Å². The van der Waals surface area contributed by atoms with Crippen molar-refractivity contribution >= 4 is 40.4 Å². The molecule has 9 nitrogen and oxygen atoms in total. The molecule has 0 spiro atoms. The van der Waals surface area contributed by atoms with Gasteiger partial charge in [0.1, 0.15) is 0 Å². The maximum Gasteiger partial charge on any atom is 0.468 e. The van der Waals surface area contributed by atoms with Crippen molar-refractivity contribution in [2.45, 2.75) is 25.3 Å². The molecule has 212 valence electrons. The Balaban J connectivity index is 1.12. The average molecular weight is 588 g/mol. The lowest BCUT2D eigenvalue weighted by molar-refractivity contribution is -0.436. The summed E-state index contributed by atoms with van der Waals surface area (Å²) in [6.07, 6.45) is 4.21. The second-order valence-corrected chi connectivity index (χ2v) is 11.6. The van der Waals surface area contributed by atoms with Crippen LogP contribution in [0.25, 0.3) is 16.1 Å². The third-order valence-corrected chi connectivity index (χ3v) is 8.88. The molecule has 0 unspecified atom stereocenters. The minimum absolute atomic E-state index is 0.0301. The first-order valence-corrected chi connectivity index (χ1v) is 14.9. The molecular weight excluding hydrogens is 560 g/mol. The van der Waals surface area contributed by atoms with Gasteiger partial charge in [-0.1, -0.05) is 36.4 Å². The molecule has 1 fully saturated rings. The number of rotatable bonds is 6. The molecular formula is C33H27N6O3S+. The fourth-order valence-corrected chi connectivity index (χ4v) is 6.43. The Morgan fingerprint density at radius 2 is 1.67 bits per heavy atom. The SMILES string of the molecule is N=[N+](C(=O)c1ccnn1-c1ccccc1)c1ccc(C(=O)N2CCc3cc(C(=O)NC4CC4)sc3-c3ccccc32)cc1. The van der Waals surface area contributed by atoms with Crippen LogP contribution in [0.2, 0.25) is 0 Å². The molecule has 43 heavy (non-hydrogen) atoms. The van der Waals surface area contributed by atoms with Crippen LogP contribution in [0.4, 0.5) is 11.4 Å². The molecule has 7 rings (SSSR count). The summed E-state index contributed by atoms with van der Waals surface area (Å²) in [5, 5.41) is 7.32. The Morgan fingerprint density at radius 1 is 0.930 bits per heavy atom. The second-order valence-electron chi connectivity index (χ2n) is 10.6. The lowest BCUT2D eigenvalue weighted by Gasteiger charge is -2.23. The van der Waals surface area contributed by atoms with Gasteiger partial charge in [0.25, 0.3) is 11.8 Å². The van der Waals surface area contributed by atoms with E-state index in [4.69, 9.17) is 5.53 Å². The van der Waals surface area contributed by atoms with Gasteiger partial charge in [-0.05, 0) is 77.5 Å². The smallest absolute Gasteiger partial charge is 0.349 e. The Labute approximate surface area is 251 Å². The van der Waals surface area contributed by atoms with Gasteiger partial charge in [0.15, 0.2) is 5.69 Å². The Kier molecular flexibility index (Phi) is 6.75. The van der Waals surface area contributed by atoms with Crippen LogP contribution in [0.1, 0.15) is 48.9 Å². The van der Waals surface area contributed by atoms with E-state index in [2.05, 4.69) is 10.4 Å². The Morgan fingerprint density at radius 3 is 2.44 bits per heavy atom. The van der Waals surface area contributed by atoms with Crippen molar-refractivity contribution < 1.29 is 19.1 Å². The number of anilines is 1. The first kappa shape index (κ1) is 26.7. The molecule has 0 atom stereocenters. The van der Waals surface area contributed by atoms with Crippen molar-refractivity contribution in [3.63, 3.8) is 0 Å². The summed E-state index contributed by atoms with van der Waals surface area (Å²) < 4.78 is 2.31. The van der Waals surface area contributed by atoms with Crippen LogP contribution in [0.15, 0.2) is 97.2 Å². The normalized spacial score (nSPS) is 13.9. The number of fused-ring (bicyclic) bond motifs is 3. The van der Waals surface area contributed by atoms with Gasteiger partial charge in [-0.3, -0.25) is 9.59 Å². The topological polar surface area (TPSA) is 111 Å². The molecule has 0 bridgehead atoms. The summed E-state index contributed by atoms with van der Waals surface area (Å²) in [4.78, 5) is 43.3. The van der Waals surface area contributed by atoms with Crippen LogP contribution in [0.3, 0.4) is 0 Å². The first-order chi connectivity index (χ1) is 21.0. The fourth-order valence-electron chi connectivity index (χ4n) is 5.28. The van der Waals surface area contributed by atoms with E-state index in [1.54, 1.807) is 35.2 Å². The molecule has 0 saturated heterocycles. The van der Waals surface area contributed by atoms with Crippen LogP contribution in [-0.4, -0.2) is 44.8 Å². The van der Waals surface area contributed by atoms with Crippen molar-refractivity contribution in [2.75, 3.05) is 11.4 Å². The molecule has 10 heteroatoms. The number of para-hydroxylation sites is 2. The number of amides is 3. The lowest BCUT2D eigenvalue weighted by atomic mass is 10.1. The molecule has 3 aromatic carbocycles. The van der Waals surface area contributed by atoms with Gasteiger partial charge < -0.3 is 10.2 Å². The molecule has 1 aliphatic heterocycles. The number of hydrogen-bond donors (Lipinski definition) is 2. The highest BCUT2D eigenvalue weighted by Crippen LogP contribution is 2.42. The Bertz CT molecular complexity index is 1890. The van der Waals surface area contributed by atoms with Crippen molar-refractivity contribution in [1.29, 1.82) is 5.53 Å². The van der Waals surface area contributed by atoms with Gasteiger partial charge in [-0.25, -0.2) is 9.48 Å². The van der Waals surface area contributed by atoms with Crippen LogP contribution >= 0.6 is 11.3 Å². The second kappa shape index (κ2) is 10.9. The molecule has 2 N–H and O–H groups in total. The van der Waals surface area contributed by atoms with E-state index in [1.165, 1.54) is 22.2 Å². The number of benzene rings is 3. The maximum atomic E-state index is 13.8. The van der Waals surface area contributed by atoms with Crippen molar-refractivity contribution in [2.24, 2.45) is 0 Å². The third-order valence-electron chi connectivity index (χ3n) is 7.67. The molecule has 0 radical (unpaired) electrons. The van der Waals surface area contributed by atoms with Crippen LogP contribution in [0, 0.1) is 5.53 Å². The number of carbonyl (C=O) groups is 3. The average Bonchev–Trinajstić information content (AvgIpc) is 3.58. The monoisotopic (exact) mass is 587 g/mol. The molecule has 1 saturated carbocycles.